The molecule has 0 aromatic carbocycles. The van der Waals surface area contributed by atoms with Gasteiger partial charge in [0.25, 0.3) is 5.91 Å². The van der Waals surface area contributed by atoms with Gasteiger partial charge in [-0.3, -0.25) is 10.1 Å². The van der Waals surface area contributed by atoms with Crippen LogP contribution in [0.1, 0.15) is 40.8 Å². The summed E-state index contributed by atoms with van der Waals surface area (Å²) in [5.74, 6) is -0.196. The molecule has 0 bridgehead atoms. The molecule has 0 saturated heterocycles. The third-order valence-electron chi connectivity index (χ3n) is 3.34. The van der Waals surface area contributed by atoms with Gasteiger partial charge in [0, 0.05) is 22.5 Å². The van der Waals surface area contributed by atoms with Gasteiger partial charge < -0.3 is 0 Å². The molecule has 22 heavy (non-hydrogen) atoms. The van der Waals surface area contributed by atoms with E-state index in [1.54, 1.807) is 12.4 Å². The summed E-state index contributed by atoms with van der Waals surface area (Å²) in [6.45, 7) is 7.88. The van der Waals surface area contributed by atoms with Gasteiger partial charge in [-0.25, -0.2) is 14.6 Å². The number of amides is 1. The van der Waals surface area contributed by atoms with Crippen molar-refractivity contribution in [3.63, 3.8) is 0 Å². The molecule has 3 rings (SSSR count). The third kappa shape index (κ3) is 2.59. The highest BCUT2D eigenvalue weighted by Crippen LogP contribution is 2.21. The van der Waals surface area contributed by atoms with Crippen molar-refractivity contribution in [3.8, 4) is 0 Å². The number of carbonyl (C=O) groups excluding carboxylic acids is 1. The number of thiazole rings is 1. The molecule has 0 fully saturated rings. The van der Waals surface area contributed by atoms with Gasteiger partial charge in [-0.15, -0.1) is 11.3 Å². The van der Waals surface area contributed by atoms with Gasteiger partial charge in [-0.2, -0.15) is 5.10 Å². The molecule has 3 aromatic heterocycles. The van der Waals surface area contributed by atoms with Crippen LogP contribution in [0, 0.1) is 13.8 Å². The molecule has 1 N–H and O–H groups in total. The molecule has 0 aliphatic carbocycles. The molecule has 0 unspecified atom stereocenters. The summed E-state index contributed by atoms with van der Waals surface area (Å²) in [6, 6.07) is 2.06. The Morgan fingerprint density at radius 3 is 2.73 bits per heavy atom. The molecular weight excluding hydrogens is 298 g/mol. The lowest BCUT2D eigenvalue weighted by Gasteiger charge is -2.09. The van der Waals surface area contributed by atoms with Crippen LogP contribution in [0.15, 0.2) is 18.5 Å². The highest BCUT2D eigenvalue weighted by Gasteiger charge is 2.16. The molecule has 6 nitrogen and oxygen atoms in total. The number of anilines is 1. The Hall–Kier alpha value is -2.28. The number of pyridine rings is 1. The van der Waals surface area contributed by atoms with Gasteiger partial charge >= 0.3 is 0 Å². The minimum Gasteiger partial charge on any atom is -0.298 e. The van der Waals surface area contributed by atoms with Crippen LogP contribution in [0.4, 0.5) is 5.13 Å². The van der Waals surface area contributed by atoms with E-state index in [1.165, 1.54) is 11.3 Å². The average molecular weight is 315 g/mol. The number of hydrogen-bond donors (Lipinski definition) is 1. The predicted octanol–water partition coefficient (Wildman–Crippen LogP) is 3.34. The Morgan fingerprint density at radius 1 is 1.32 bits per heavy atom. The standard InChI is InChI=1S/C15H17N5OS/c1-8(2)20-13-11(7-17-20)5-12(10(4)18-13)14(21)19-15-16-6-9(3)22-15/h5-8H,1-4H3,(H,16,19,21). The van der Waals surface area contributed by atoms with Crippen molar-refractivity contribution in [2.75, 3.05) is 5.32 Å². The molecule has 0 radical (unpaired) electrons. The first-order valence-electron chi connectivity index (χ1n) is 7.04. The first kappa shape index (κ1) is 14.6. The fraction of sp³-hybridized carbons (Fsp3) is 0.333. The Kier molecular flexibility index (Phi) is 3.66. The predicted molar refractivity (Wildman–Crippen MR) is 87.5 cm³/mol. The molecule has 7 heteroatoms. The second kappa shape index (κ2) is 5.49. The summed E-state index contributed by atoms with van der Waals surface area (Å²) in [5.41, 5.74) is 2.03. The Balaban J connectivity index is 1.96. The number of rotatable bonds is 3. The monoisotopic (exact) mass is 315 g/mol. The van der Waals surface area contributed by atoms with Crippen molar-refractivity contribution in [1.29, 1.82) is 0 Å². The van der Waals surface area contributed by atoms with Crippen molar-refractivity contribution in [2.24, 2.45) is 0 Å². The lowest BCUT2D eigenvalue weighted by molar-refractivity contribution is 0.102. The van der Waals surface area contributed by atoms with Crippen LogP contribution in [0.3, 0.4) is 0 Å². The van der Waals surface area contributed by atoms with E-state index in [0.29, 0.717) is 16.4 Å². The molecular formula is C15H17N5OS. The van der Waals surface area contributed by atoms with E-state index in [2.05, 4.69) is 34.2 Å². The quantitative estimate of drug-likeness (QED) is 0.804. The highest BCUT2D eigenvalue weighted by atomic mass is 32.1. The number of aryl methyl sites for hydroxylation is 2. The summed E-state index contributed by atoms with van der Waals surface area (Å²) in [6.07, 6.45) is 3.48. The number of hydrogen-bond acceptors (Lipinski definition) is 5. The SMILES string of the molecule is Cc1cnc(NC(=O)c2cc3cnn(C(C)C)c3nc2C)s1. The molecule has 114 valence electrons. The van der Waals surface area contributed by atoms with Gasteiger partial charge in [0.15, 0.2) is 10.8 Å². The van der Waals surface area contributed by atoms with E-state index in [9.17, 15) is 4.79 Å². The summed E-state index contributed by atoms with van der Waals surface area (Å²) in [4.78, 5) is 22.2. The number of fused-ring (bicyclic) bond motifs is 1. The zero-order valence-corrected chi connectivity index (χ0v) is 13.7. The Bertz CT molecular complexity index is 849. The Labute approximate surface area is 132 Å². The summed E-state index contributed by atoms with van der Waals surface area (Å²) in [5, 5.41) is 8.61. The number of carbonyl (C=O) groups is 1. The van der Waals surface area contributed by atoms with E-state index in [4.69, 9.17) is 0 Å². The van der Waals surface area contributed by atoms with Crippen LogP contribution >= 0.6 is 11.3 Å². The van der Waals surface area contributed by atoms with Gasteiger partial charge in [0.2, 0.25) is 0 Å². The first-order chi connectivity index (χ1) is 10.5. The van der Waals surface area contributed by atoms with Crippen molar-refractivity contribution in [3.05, 3.63) is 34.6 Å². The largest absolute Gasteiger partial charge is 0.298 e. The second-order valence-corrected chi connectivity index (χ2v) is 6.68. The van der Waals surface area contributed by atoms with Crippen LogP contribution in [0.25, 0.3) is 11.0 Å². The second-order valence-electron chi connectivity index (χ2n) is 5.45. The van der Waals surface area contributed by atoms with Gasteiger partial charge in [0.1, 0.15) is 0 Å². The van der Waals surface area contributed by atoms with Crippen molar-refractivity contribution >= 4 is 33.4 Å². The van der Waals surface area contributed by atoms with Crippen LogP contribution in [0.5, 0.6) is 0 Å². The van der Waals surface area contributed by atoms with E-state index in [1.807, 2.05) is 24.6 Å². The zero-order chi connectivity index (χ0) is 15.9. The summed E-state index contributed by atoms with van der Waals surface area (Å²) < 4.78 is 1.86. The van der Waals surface area contributed by atoms with E-state index >= 15 is 0 Å². The van der Waals surface area contributed by atoms with Gasteiger partial charge in [0.05, 0.1) is 17.5 Å². The topological polar surface area (TPSA) is 72.7 Å². The molecule has 0 aliphatic heterocycles. The van der Waals surface area contributed by atoms with Gasteiger partial charge in [-0.05, 0) is 33.8 Å². The lowest BCUT2D eigenvalue weighted by Crippen LogP contribution is -2.14. The van der Waals surface area contributed by atoms with Crippen LogP contribution < -0.4 is 5.32 Å². The average Bonchev–Trinajstić information content (AvgIpc) is 3.03. The maximum Gasteiger partial charge on any atom is 0.259 e. The first-order valence-corrected chi connectivity index (χ1v) is 7.86. The van der Waals surface area contributed by atoms with Crippen molar-refractivity contribution in [1.82, 2.24) is 19.7 Å². The van der Waals surface area contributed by atoms with Crippen molar-refractivity contribution in [2.45, 2.75) is 33.7 Å². The van der Waals surface area contributed by atoms with Crippen LogP contribution in [0.2, 0.25) is 0 Å². The van der Waals surface area contributed by atoms with Crippen LogP contribution in [-0.4, -0.2) is 25.7 Å². The summed E-state index contributed by atoms with van der Waals surface area (Å²) in [7, 11) is 0. The Morgan fingerprint density at radius 2 is 2.09 bits per heavy atom. The molecule has 0 saturated carbocycles. The minimum absolute atomic E-state index is 0.196. The number of aromatic nitrogens is 4. The molecule has 0 atom stereocenters. The van der Waals surface area contributed by atoms with Crippen LogP contribution in [-0.2, 0) is 0 Å². The molecule has 1 amide bonds. The molecule has 3 heterocycles. The molecule has 0 aliphatic rings. The minimum atomic E-state index is -0.196. The molecule has 3 aromatic rings. The maximum absolute atomic E-state index is 12.4. The zero-order valence-electron chi connectivity index (χ0n) is 12.9. The van der Waals surface area contributed by atoms with Crippen molar-refractivity contribution < 1.29 is 4.79 Å². The van der Waals surface area contributed by atoms with E-state index in [0.717, 1.165) is 15.9 Å². The summed E-state index contributed by atoms with van der Waals surface area (Å²) >= 11 is 1.45. The fourth-order valence-corrected chi connectivity index (χ4v) is 2.91. The lowest BCUT2D eigenvalue weighted by atomic mass is 10.1. The number of nitrogens with one attached hydrogen (secondary N) is 1. The van der Waals surface area contributed by atoms with Gasteiger partial charge in [-0.1, -0.05) is 0 Å². The third-order valence-corrected chi connectivity index (χ3v) is 4.16. The fourth-order valence-electron chi connectivity index (χ4n) is 2.25. The normalized spacial score (nSPS) is 11.3. The van der Waals surface area contributed by atoms with E-state index < -0.39 is 0 Å². The number of nitrogens with zero attached hydrogens (tertiary/aromatic N) is 4. The highest BCUT2D eigenvalue weighted by molar-refractivity contribution is 7.15. The smallest absolute Gasteiger partial charge is 0.259 e. The maximum atomic E-state index is 12.4. The van der Waals surface area contributed by atoms with E-state index in [-0.39, 0.29) is 11.9 Å². The molecule has 0 spiro atoms.